The SMILES string of the molecule is CC[C@H](C)[C@@H]([C@@H](CC(=O)N1CCC[C@H]1[C@H](OC)[C@@H](C)C(=O)N[C@@H](Cc1ccccc1)C(=O)NCCC[Si](C)(C)O)OC)N(C)C(=O)[C@@H](NC(=O)[C@H](C(C)C)N(C)C)C(C)C. The van der Waals surface area contributed by atoms with Gasteiger partial charge in [-0.15, -0.1) is 0 Å². The number of carbonyl (C=O) groups excluding carboxylic acids is 5. The van der Waals surface area contributed by atoms with Crippen LogP contribution in [-0.2, 0) is 39.9 Å². The summed E-state index contributed by atoms with van der Waals surface area (Å²) in [6.45, 7) is 18.2. The molecule has 15 heteroatoms. The highest BCUT2D eigenvalue weighted by Gasteiger charge is 2.43. The number of nitrogens with one attached hydrogen (secondary N) is 3. The number of ether oxygens (including phenoxy) is 2. The van der Waals surface area contributed by atoms with Gasteiger partial charge in [-0.05, 0) is 75.8 Å². The van der Waals surface area contributed by atoms with Gasteiger partial charge in [0.25, 0.3) is 0 Å². The lowest BCUT2D eigenvalue weighted by Crippen LogP contribution is -2.59. The number of amides is 5. The fourth-order valence-corrected chi connectivity index (χ4v) is 9.67. The molecule has 2 rings (SSSR count). The van der Waals surface area contributed by atoms with Crippen molar-refractivity contribution in [1.29, 1.82) is 0 Å². The summed E-state index contributed by atoms with van der Waals surface area (Å²) in [4.78, 5) is 85.2. The summed E-state index contributed by atoms with van der Waals surface area (Å²) in [7, 11) is 6.27. The highest BCUT2D eigenvalue weighted by atomic mass is 28.4. The Morgan fingerprint density at radius 3 is 2.05 bits per heavy atom. The molecule has 1 aromatic carbocycles. The molecule has 14 nitrogen and oxygen atoms in total. The van der Waals surface area contributed by atoms with Crippen molar-refractivity contribution in [2.75, 3.05) is 48.5 Å². The van der Waals surface area contributed by atoms with Crippen LogP contribution in [0.2, 0.25) is 19.1 Å². The first-order valence-corrected chi connectivity index (χ1v) is 25.2. The first-order valence-electron chi connectivity index (χ1n) is 22.0. The Hall–Kier alpha value is -3.37. The minimum Gasteiger partial charge on any atom is -0.432 e. The highest BCUT2D eigenvalue weighted by Crippen LogP contribution is 2.30. The third-order valence-electron chi connectivity index (χ3n) is 12.1. The second-order valence-corrected chi connectivity index (χ2v) is 22.6. The van der Waals surface area contributed by atoms with Crippen LogP contribution >= 0.6 is 0 Å². The number of rotatable bonds is 25. The molecule has 0 unspecified atom stereocenters. The van der Waals surface area contributed by atoms with Crippen LogP contribution in [0.25, 0.3) is 0 Å². The van der Waals surface area contributed by atoms with E-state index in [0.29, 0.717) is 38.4 Å². The second kappa shape index (κ2) is 24.9. The molecule has 4 N–H and O–H groups in total. The van der Waals surface area contributed by atoms with Gasteiger partial charge in [-0.25, -0.2) is 0 Å². The Bertz CT molecular complexity index is 1500. The van der Waals surface area contributed by atoms with Crippen LogP contribution in [0.5, 0.6) is 0 Å². The Morgan fingerprint density at radius 2 is 1.53 bits per heavy atom. The van der Waals surface area contributed by atoms with E-state index in [-0.39, 0.29) is 53.7 Å². The van der Waals surface area contributed by atoms with Crippen molar-refractivity contribution in [2.45, 2.75) is 149 Å². The summed E-state index contributed by atoms with van der Waals surface area (Å²) in [6.07, 6.45) is 1.71. The van der Waals surface area contributed by atoms with Crippen LogP contribution < -0.4 is 16.0 Å². The van der Waals surface area contributed by atoms with Gasteiger partial charge in [0.15, 0.2) is 8.32 Å². The third kappa shape index (κ3) is 15.5. The molecular formula is C45H80N6O8Si. The number of methoxy groups -OCH3 is 2. The topological polar surface area (TPSA) is 170 Å². The number of carbonyl (C=O) groups is 5. The molecule has 1 saturated heterocycles. The largest absolute Gasteiger partial charge is 0.432 e. The molecule has 60 heavy (non-hydrogen) atoms. The van der Waals surface area contributed by atoms with Gasteiger partial charge in [0.1, 0.15) is 12.1 Å². The number of hydrogen-bond acceptors (Lipinski definition) is 9. The van der Waals surface area contributed by atoms with E-state index < -0.39 is 56.7 Å². The summed E-state index contributed by atoms with van der Waals surface area (Å²) in [6, 6.07) is 7.26. The number of likely N-dealkylation sites (N-methyl/N-ethyl adjacent to an activating group) is 2. The average Bonchev–Trinajstić information content (AvgIpc) is 3.67. The van der Waals surface area contributed by atoms with E-state index in [0.717, 1.165) is 18.4 Å². The van der Waals surface area contributed by atoms with Crippen molar-refractivity contribution in [3.05, 3.63) is 35.9 Å². The van der Waals surface area contributed by atoms with Gasteiger partial charge in [0, 0.05) is 40.8 Å². The van der Waals surface area contributed by atoms with Crippen LogP contribution in [-0.4, -0.2) is 148 Å². The zero-order chi connectivity index (χ0) is 45.5. The highest BCUT2D eigenvalue weighted by molar-refractivity contribution is 6.69. The van der Waals surface area contributed by atoms with E-state index >= 15 is 0 Å². The van der Waals surface area contributed by atoms with E-state index in [1.54, 1.807) is 38.0 Å². The van der Waals surface area contributed by atoms with Gasteiger partial charge in [-0.1, -0.05) is 85.2 Å². The summed E-state index contributed by atoms with van der Waals surface area (Å²) in [5.74, 6) is -2.18. The van der Waals surface area contributed by atoms with Crippen LogP contribution in [0.15, 0.2) is 30.3 Å². The van der Waals surface area contributed by atoms with E-state index in [2.05, 4.69) is 16.0 Å². The van der Waals surface area contributed by atoms with Crippen LogP contribution in [0.1, 0.15) is 86.1 Å². The van der Waals surface area contributed by atoms with Gasteiger partial charge >= 0.3 is 0 Å². The Balaban J connectivity index is 2.29. The lowest BCUT2D eigenvalue weighted by Gasteiger charge is -2.41. The maximum atomic E-state index is 14.4. The number of benzene rings is 1. The van der Waals surface area contributed by atoms with Crippen LogP contribution in [0.4, 0.5) is 0 Å². The first-order chi connectivity index (χ1) is 28.1. The third-order valence-corrected chi connectivity index (χ3v) is 13.7. The van der Waals surface area contributed by atoms with Crippen molar-refractivity contribution in [2.24, 2.45) is 23.7 Å². The lowest BCUT2D eigenvalue weighted by molar-refractivity contribution is -0.148. The van der Waals surface area contributed by atoms with Gasteiger partial charge in [-0.3, -0.25) is 28.9 Å². The summed E-state index contributed by atoms with van der Waals surface area (Å²) in [5.41, 5.74) is 0.898. The lowest BCUT2D eigenvalue weighted by atomic mass is 9.89. The molecule has 0 radical (unpaired) electrons. The quantitative estimate of drug-likeness (QED) is 0.0837. The van der Waals surface area contributed by atoms with Crippen molar-refractivity contribution < 1.29 is 38.2 Å². The van der Waals surface area contributed by atoms with E-state index in [1.807, 2.05) is 104 Å². The van der Waals surface area contributed by atoms with Crippen LogP contribution in [0.3, 0.4) is 0 Å². The molecule has 342 valence electrons. The number of nitrogens with zero attached hydrogens (tertiary/aromatic N) is 3. The Kier molecular flexibility index (Phi) is 21.9. The molecule has 9 atom stereocenters. The molecule has 0 aliphatic carbocycles. The predicted molar refractivity (Wildman–Crippen MR) is 239 cm³/mol. The molecule has 1 heterocycles. The second-order valence-electron chi connectivity index (χ2n) is 18.4. The molecule has 1 aromatic rings. The predicted octanol–water partition coefficient (Wildman–Crippen LogP) is 4.06. The molecule has 0 saturated carbocycles. The van der Waals surface area contributed by atoms with Crippen molar-refractivity contribution in [3.8, 4) is 0 Å². The monoisotopic (exact) mass is 861 g/mol. The maximum Gasteiger partial charge on any atom is 0.245 e. The molecule has 0 spiro atoms. The minimum atomic E-state index is -2.26. The maximum absolute atomic E-state index is 14.4. The van der Waals surface area contributed by atoms with Crippen molar-refractivity contribution in [1.82, 2.24) is 30.7 Å². The Morgan fingerprint density at radius 1 is 0.900 bits per heavy atom. The fraction of sp³-hybridized carbons (Fsp3) is 0.756. The van der Waals surface area contributed by atoms with E-state index in [9.17, 15) is 28.8 Å². The molecule has 0 aromatic heterocycles. The van der Waals surface area contributed by atoms with Gasteiger partial charge < -0.3 is 40.0 Å². The zero-order valence-corrected chi connectivity index (χ0v) is 40.2. The van der Waals surface area contributed by atoms with Crippen LogP contribution in [0, 0.1) is 23.7 Å². The van der Waals surface area contributed by atoms with E-state index in [1.165, 1.54) is 0 Å². The van der Waals surface area contributed by atoms with Gasteiger partial charge in [0.2, 0.25) is 29.5 Å². The fourth-order valence-electron chi connectivity index (χ4n) is 8.63. The summed E-state index contributed by atoms with van der Waals surface area (Å²) in [5, 5.41) is 8.98. The molecule has 0 bridgehead atoms. The standard InChI is InChI=1S/C45H80N6O8Si/c1-15-31(6)40(50(10)45(56)38(29(2)3)48-44(55)39(30(4)5)49(8)9)36(58-11)28-37(52)51-25-19-23-35(51)41(59-12)32(7)42(53)47-34(27-33-21-17-16-18-22-33)43(54)46-24-20-26-60(13,14)57/h16-18,21-22,29-32,34-36,38-41,57H,15,19-20,23-28H2,1-14H3,(H,46,54)(H,47,53)(H,48,55)/t31-,32+,34-,35-,36+,38-,39-,40-,41+/m0/s1. The molecule has 5 amide bonds. The van der Waals surface area contributed by atoms with Gasteiger partial charge in [-0.2, -0.15) is 0 Å². The van der Waals surface area contributed by atoms with Crippen molar-refractivity contribution >= 4 is 37.9 Å². The molecular weight excluding hydrogens is 781 g/mol. The molecule has 1 fully saturated rings. The minimum absolute atomic E-state index is 0.000664. The summed E-state index contributed by atoms with van der Waals surface area (Å²) < 4.78 is 12.1. The van der Waals surface area contributed by atoms with Gasteiger partial charge in [0.05, 0.1) is 42.7 Å². The van der Waals surface area contributed by atoms with Crippen molar-refractivity contribution in [3.63, 3.8) is 0 Å². The molecule has 1 aliphatic rings. The normalized spacial score (nSPS) is 18.6. The first kappa shape index (κ1) is 52.8. The Labute approximate surface area is 362 Å². The van der Waals surface area contributed by atoms with E-state index in [4.69, 9.17) is 9.47 Å². The zero-order valence-electron chi connectivity index (χ0n) is 39.2. The molecule has 1 aliphatic heterocycles. The number of likely N-dealkylation sites (tertiary alicyclic amines) is 1. The summed E-state index contributed by atoms with van der Waals surface area (Å²) >= 11 is 0. The number of hydrogen-bond donors (Lipinski definition) is 4. The smallest absolute Gasteiger partial charge is 0.245 e. The average molecular weight is 861 g/mol.